The van der Waals surface area contributed by atoms with E-state index in [1.807, 2.05) is 12.1 Å². The van der Waals surface area contributed by atoms with Gasteiger partial charge >= 0.3 is 5.97 Å². The van der Waals surface area contributed by atoms with Gasteiger partial charge in [0.25, 0.3) is 5.91 Å². The number of amides is 1. The molecule has 0 radical (unpaired) electrons. The average Bonchev–Trinajstić information content (AvgIpc) is 2.91. The van der Waals surface area contributed by atoms with E-state index in [0.29, 0.717) is 17.1 Å². The van der Waals surface area contributed by atoms with Crippen LogP contribution in [0.25, 0.3) is 0 Å². The number of carbonyl (C=O) groups is 2. The Bertz CT molecular complexity index is 671. The molecule has 1 atom stereocenters. The van der Waals surface area contributed by atoms with Gasteiger partial charge in [0.05, 0.1) is 5.56 Å². The second kappa shape index (κ2) is 4.68. The topological polar surface area (TPSA) is 81.2 Å². The van der Waals surface area contributed by atoms with Crippen molar-refractivity contribution < 1.29 is 14.3 Å². The minimum Gasteiger partial charge on any atom is -0.445 e. The molecule has 2 heterocycles. The van der Waals surface area contributed by atoms with Crippen LogP contribution in [0.1, 0.15) is 22.8 Å². The third-order valence-electron chi connectivity index (χ3n) is 3.14. The fourth-order valence-corrected chi connectivity index (χ4v) is 2.56. The Morgan fingerprint density at radius 1 is 1.45 bits per heavy atom. The van der Waals surface area contributed by atoms with Crippen LogP contribution in [0.5, 0.6) is 0 Å². The Labute approximate surface area is 118 Å². The van der Waals surface area contributed by atoms with Crippen LogP contribution in [0.4, 0.5) is 5.13 Å². The normalized spacial score (nSPS) is 20.9. The predicted octanol–water partition coefficient (Wildman–Crippen LogP) is 1.65. The van der Waals surface area contributed by atoms with Crippen molar-refractivity contribution in [2.75, 3.05) is 5.32 Å². The highest BCUT2D eigenvalue weighted by Gasteiger charge is 2.42. The summed E-state index contributed by atoms with van der Waals surface area (Å²) < 4.78 is 5.32. The lowest BCUT2D eigenvalue weighted by Crippen LogP contribution is -2.48. The van der Waals surface area contributed by atoms with Crippen LogP contribution in [0.15, 0.2) is 29.8 Å². The molecule has 1 amide bonds. The number of nitrogens with zero attached hydrogens (tertiary/aromatic N) is 2. The van der Waals surface area contributed by atoms with E-state index in [-0.39, 0.29) is 0 Å². The van der Waals surface area contributed by atoms with Crippen LogP contribution < -0.4 is 5.32 Å². The molecule has 0 spiro atoms. The van der Waals surface area contributed by atoms with Crippen LogP contribution in [0, 0.1) is 0 Å². The molecule has 1 aliphatic rings. The standard InChI is InChI=1S/C13H11N3O3S/c1-13(11(18)15-12-16-14-7-20-12)6-8-4-2-3-5-9(8)10(17)19-13/h2-5,7H,6H2,1H3,(H,15,16,18)/t13-/m1/s1. The Hall–Kier alpha value is -2.28. The third kappa shape index (κ3) is 2.16. The number of esters is 1. The molecular weight excluding hydrogens is 278 g/mol. The maximum atomic E-state index is 12.3. The molecule has 20 heavy (non-hydrogen) atoms. The van der Waals surface area contributed by atoms with Gasteiger partial charge in [-0.1, -0.05) is 29.5 Å². The number of benzene rings is 1. The predicted molar refractivity (Wildman–Crippen MR) is 72.5 cm³/mol. The second-order valence-corrected chi connectivity index (χ2v) is 5.49. The number of nitrogens with one attached hydrogen (secondary N) is 1. The summed E-state index contributed by atoms with van der Waals surface area (Å²) in [5.74, 6) is -0.890. The molecule has 1 aliphatic heterocycles. The number of cyclic esters (lactones) is 1. The lowest BCUT2D eigenvalue weighted by Gasteiger charge is -2.32. The molecule has 0 saturated heterocycles. The fourth-order valence-electron chi connectivity index (χ4n) is 2.12. The Morgan fingerprint density at radius 2 is 2.25 bits per heavy atom. The summed E-state index contributed by atoms with van der Waals surface area (Å²) in [4.78, 5) is 24.3. The first-order valence-corrected chi connectivity index (χ1v) is 6.85. The van der Waals surface area contributed by atoms with E-state index in [2.05, 4.69) is 15.5 Å². The van der Waals surface area contributed by atoms with Gasteiger partial charge in [-0.25, -0.2) is 4.79 Å². The molecule has 1 N–H and O–H groups in total. The van der Waals surface area contributed by atoms with E-state index in [0.717, 1.165) is 5.56 Å². The number of anilines is 1. The van der Waals surface area contributed by atoms with E-state index in [4.69, 9.17) is 4.74 Å². The number of ether oxygens (including phenoxy) is 1. The van der Waals surface area contributed by atoms with Gasteiger partial charge in [-0.05, 0) is 18.6 Å². The molecule has 2 aromatic rings. The van der Waals surface area contributed by atoms with Gasteiger partial charge in [0, 0.05) is 6.42 Å². The quantitative estimate of drug-likeness (QED) is 0.850. The SMILES string of the molecule is C[C@]1(C(=O)Nc2nncs2)Cc2ccccc2C(=O)O1. The molecule has 7 heteroatoms. The van der Waals surface area contributed by atoms with Crippen LogP contribution in [0.2, 0.25) is 0 Å². The van der Waals surface area contributed by atoms with Crippen molar-refractivity contribution in [3.63, 3.8) is 0 Å². The molecule has 0 saturated carbocycles. The van der Waals surface area contributed by atoms with Crippen molar-refractivity contribution in [3.8, 4) is 0 Å². The van der Waals surface area contributed by atoms with E-state index in [1.165, 1.54) is 16.8 Å². The monoisotopic (exact) mass is 289 g/mol. The van der Waals surface area contributed by atoms with Gasteiger partial charge in [-0.2, -0.15) is 0 Å². The number of fused-ring (bicyclic) bond motifs is 1. The van der Waals surface area contributed by atoms with Crippen molar-refractivity contribution >= 4 is 28.3 Å². The molecule has 102 valence electrons. The van der Waals surface area contributed by atoms with Crippen molar-refractivity contribution in [1.82, 2.24) is 10.2 Å². The van der Waals surface area contributed by atoms with Gasteiger partial charge in [0.2, 0.25) is 5.13 Å². The number of rotatable bonds is 2. The molecule has 6 nitrogen and oxygen atoms in total. The Morgan fingerprint density at radius 3 is 3.00 bits per heavy atom. The second-order valence-electron chi connectivity index (χ2n) is 4.65. The maximum Gasteiger partial charge on any atom is 0.339 e. The molecule has 0 fully saturated rings. The van der Waals surface area contributed by atoms with Crippen molar-refractivity contribution in [2.24, 2.45) is 0 Å². The van der Waals surface area contributed by atoms with Crippen molar-refractivity contribution in [1.29, 1.82) is 0 Å². The van der Waals surface area contributed by atoms with E-state index < -0.39 is 17.5 Å². The first-order valence-electron chi connectivity index (χ1n) is 5.97. The molecule has 0 aliphatic carbocycles. The summed E-state index contributed by atoms with van der Waals surface area (Å²) in [6.45, 7) is 1.59. The summed E-state index contributed by atoms with van der Waals surface area (Å²) in [7, 11) is 0. The summed E-state index contributed by atoms with van der Waals surface area (Å²) in [5, 5.41) is 10.4. The fraction of sp³-hybridized carbons (Fsp3) is 0.231. The zero-order valence-corrected chi connectivity index (χ0v) is 11.4. The third-order valence-corrected chi connectivity index (χ3v) is 3.75. The molecule has 1 aromatic heterocycles. The summed E-state index contributed by atoms with van der Waals surface area (Å²) in [5.41, 5.74) is 1.59. The minimum atomic E-state index is -1.24. The Kier molecular flexibility index (Phi) is 2.98. The summed E-state index contributed by atoms with van der Waals surface area (Å²) >= 11 is 1.21. The Balaban J connectivity index is 1.87. The number of carbonyl (C=O) groups excluding carboxylic acids is 2. The zero-order chi connectivity index (χ0) is 14.2. The number of aromatic nitrogens is 2. The smallest absolute Gasteiger partial charge is 0.339 e. The highest BCUT2D eigenvalue weighted by molar-refractivity contribution is 7.13. The molecule has 3 rings (SSSR count). The average molecular weight is 289 g/mol. The summed E-state index contributed by atoms with van der Waals surface area (Å²) in [6.07, 6.45) is 0.333. The van der Waals surface area contributed by atoms with E-state index in [1.54, 1.807) is 19.1 Å². The largest absolute Gasteiger partial charge is 0.445 e. The van der Waals surface area contributed by atoms with Crippen LogP contribution >= 0.6 is 11.3 Å². The first-order chi connectivity index (χ1) is 9.58. The molecule has 1 aromatic carbocycles. The van der Waals surface area contributed by atoms with Gasteiger partial charge in [-0.3, -0.25) is 10.1 Å². The van der Waals surface area contributed by atoms with Crippen molar-refractivity contribution in [3.05, 3.63) is 40.9 Å². The highest BCUT2D eigenvalue weighted by atomic mass is 32.1. The lowest BCUT2D eigenvalue weighted by molar-refractivity contribution is -0.134. The van der Waals surface area contributed by atoms with Gasteiger partial charge in [0.1, 0.15) is 5.51 Å². The summed E-state index contributed by atoms with van der Waals surface area (Å²) in [6, 6.07) is 7.12. The maximum absolute atomic E-state index is 12.3. The first kappa shape index (κ1) is 12.7. The van der Waals surface area contributed by atoms with Gasteiger partial charge in [0.15, 0.2) is 5.60 Å². The minimum absolute atomic E-state index is 0.333. The molecule has 0 bridgehead atoms. The van der Waals surface area contributed by atoms with Gasteiger partial charge < -0.3 is 4.74 Å². The van der Waals surface area contributed by atoms with Crippen LogP contribution in [0.3, 0.4) is 0 Å². The highest BCUT2D eigenvalue weighted by Crippen LogP contribution is 2.29. The zero-order valence-electron chi connectivity index (χ0n) is 10.6. The van der Waals surface area contributed by atoms with Crippen molar-refractivity contribution in [2.45, 2.75) is 18.9 Å². The molecular formula is C13H11N3O3S. The van der Waals surface area contributed by atoms with Gasteiger partial charge in [-0.15, -0.1) is 10.2 Å². The number of hydrogen-bond donors (Lipinski definition) is 1. The van der Waals surface area contributed by atoms with E-state index >= 15 is 0 Å². The molecule has 0 unspecified atom stereocenters. The van der Waals surface area contributed by atoms with E-state index in [9.17, 15) is 9.59 Å². The number of hydrogen-bond acceptors (Lipinski definition) is 6. The van der Waals surface area contributed by atoms with Crippen LogP contribution in [-0.2, 0) is 16.0 Å². The lowest BCUT2D eigenvalue weighted by atomic mass is 9.89. The van der Waals surface area contributed by atoms with Crippen LogP contribution in [-0.4, -0.2) is 27.7 Å².